The second-order valence-electron chi connectivity index (χ2n) is 22.1. The fourth-order valence-corrected chi connectivity index (χ4v) is 10.2. The zero-order chi connectivity index (χ0) is 50.7. The highest BCUT2D eigenvalue weighted by Crippen LogP contribution is 2.18. The van der Waals surface area contributed by atoms with Gasteiger partial charge in [-0.25, -0.2) is 0 Å². The normalized spacial score (nSPS) is 12.6. The number of unbranched alkanes of at least 4 members (excludes halogenated alkanes) is 49. The summed E-state index contributed by atoms with van der Waals surface area (Å²) in [5.41, 5.74) is 0. The van der Waals surface area contributed by atoms with Gasteiger partial charge in [0.2, 0.25) is 5.91 Å². The summed E-state index contributed by atoms with van der Waals surface area (Å²) in [6.07, 6.45) is 72.5. The van der Waals surface area contributed by atoms with E-state index in [4.69, 9.17) is 4.74 Å². The number of carbonyl (C=O) groups is 2. The van der Waals surface area contributed by atoms with Crippen LogP contribution in [-0.4, -0.2) is 47.4 Å². The molecule has 2 atom stereocenters. The quantitative estimate of drug-likeness (QED) is 0.0321. The third kappa shape index (κ3) is 55.9. The smallest absolute Gasteiger partial charge is 0.305 e. The summed E-state index contributed by atoms with van der Waals surface area (Å²) >= 11 is 0. The van der Waals surface area contributed by atoms with Gasteiger partial charge in [0.1, 0.15) is 0 Å². The van der Waals surface area contributed by atoms with Crippen LogP contribution in [0, 0.1) is 0 Å². The molecule has 0 rings (SSSR count). The molecule has 6 nitrogen and oxygen atoms in total. The van der Waals surface area contributed by atoms with Gasteiger partial charge in [0.05, 0.1) is 25.4 Å². The molecule has 6 heteroatoms. The summed E-state index contributed by atoms with van der Waals surface area (Å²) < 4.78 is 5.50. The van der Waals surface area contributed by atoms with Crippen molar-refractivity contribution in [1.29, 1.82) is 0 Å². The topological polar surface area (TPSA) is 95.9 Å². The number of aliphatic hydroxyl groups excluding tert-OH is 2. The van der Waals surface area contributed by atoms with Crippen LogP contribution in [0.4, 0.5) is 0 Å². The van der Waals surface area contributed by atoms with Gasteiger partial charge >= 0.3 is 5.97 Å². The van der Waals surface area contributed by atoms with Crippen molar-refractivity contribution in [3.05, 3.63) is 12.2 Å². The van der Waals surface area contributed by atoms with Crippen LogP contribution in [0.25, 0.3) is 0 Å². The van der Waals surface area contributed by atoms with E-state index in [0.717, 1.165) is 38.5 Å². The molecule has 0 heterocycles. The number of carbonyl (C=O) groups excluding carboxylic acids is 2. The second kappa shape index (κ2) is 60.2. The van der Waals surface area contributed by atoms with Crippen molar-refractivity contribution >= 4 is 11.9 Å². The molecule has 0 aliphatic carbocycles. The summed E-state index contributed by atoms with van der Waals surface area (Å²) in [6.45, 7) is 4.93. The molecule has 416 valence electrons. The number of allylic oxidation sites excluding steroid dienone is 1. The molecule has 0 aromatic heterocycles. The Kier molecular flexibility index (Phi) is 59.0. The minimum absolute atomic E-state index is 0.0131. The highest BCUT2D eigenvalue weighted by atomic mass is 16.5. The first-order valence-electron chi connectivity index (χ1n) is 32.0. The Morgan fingerprint density at radius 3 is 0.971 bits per heavy atom. The Hall–Kier alpha value is -1.40. The van der Waals surface area contributed by atoms with E-state index in [0.29, 0.717) is 19.4 Å². The van der Waals surface area contributed by atoms with E-state index in [2.05, 4.69) is 19.2 Å². The van der Waals surface area contributed by atoms with E-state index in [1.54, 1.807) is 6.08 Å². The number of esters is 1. The molecule has 0 aromatic rings. The second-order valence-corrected chi connectivity index (χ2v) is 22.1. The summed E-state index contributed by atoms with van der Waals surface area (Å²) in [5, 5.41) is 23.2. The molecule has 0 aromatic carbocycles. The number of ether oxygens (including phenoxy) is 1. The van der Waals surface area contributed by atoms with Crippen molar-refractivity contribution in [3.63, 3.8) is 0 Å². The van der Waals surface area contributed by atoms with Crippen LogP contribution in [0.15, 0.2) is 12.2 Å². The van der Waals surface area contributed by atoms with E-state index in [1.807, 2.05) is 6.08 Å². The van der Waals surface area contributed by atoms with Gasteiger partial charge in [0.15, 0.2) is 0 Å². The van der Waals surface area contributed by atoms with E-state index in [-0.39, 0.29) is 18.5 Å². The van der Waals surface area contributed by atoms with Crippen molar-refractivity contribution in [2.45, 2.75) is 373 Å². The summed E-state index contributed by atoms with van der Waals surface area (Å²) in [7, 11) is 0. The van der Waals surface area contributed by atoms with E-state index < -0.39 is 12.1 Å². The largest absolute Gasteiger partial charge is 0.466 e. The molecule has 0 bridgehead atoms. The molecule has 0 radical (unpaired) electrons. The van der Waals surface area contributed by atoms with Gasteiger partial charge in [-0.1, -0.05) is 328 Å². The highest BCUT2D eigenvalue weighted by Gasteiger charge is 2.18. The third-order valence-corrected chi connectivity index (χ3v) is 15.1. The fraction of sp³-hybridized carbons (Fsp3) is 0.938. The summed E-state index contributed by atoms with van der Waals surface area (Å²) in [4.78, 5) is 24.6. The minimum Gasteiger partial charge on any atom is -0.466 e. The maximum Gasteiger partial charge on any atom is 0.305 e. The van der Waals surface area contributed by atoms with Gasteiger partial charge in [0, 0.05) is 12.8 Å². The van der Waals surface area contributed by atoms with Crippen LogP contribution in [0.3, 0.4) is 0 Å². The number of aliphatic hydroxyl groups is 2. The average molecular weight is 989 g/mol. The fourth-order valence-electron chi connectivity index (χ4n) is 10.2. The van der Waals surface area contributed by atoms with Gasteiger partial charge in [-0.2, -0.15) is 0 Å². The lowest BCUT2D eigenvalue weighted by atomic mass is 10.0. The lowest BCUT2D eigenvalue weighted by Crippen LogP contribution is -2.45. The van der Waals surface area contributed by atoms with Crippen molar-refractivity contribution < 1.29 is 24.5 Å². The van der Waals surface area contributed by atoms with Crippen LogP contribution in [0.1, 0.15) is 361 Å². The predicted molar refractivity (Wildman–Crippen MR) is 306 cm³/mol. The molecular weight excluding hydrogens is 863 g/mol. The third-order valence-electron chi connectivity index (χ3n) is 15.1. The van der Waals surface area contributed by atoms with Crippen molar-refractivity contribution in [2.75, 3.05) is 13.2 Å². The Balaban J connectivity index is 3.40. The molecule has 2 unspecified atom stereocenters. The SMILES string of the molecule is CCCCCCCCCCCCCCCCC/C=C/C(O)C(CO)NC(=O)CCCCCCCCCCCCCCCCCCCCCOC(=O)CCCCCCCCCCCCCCCCCCC. The molecule has 0 aliphatic rings. The molecule has 0 saturated heterocycles. The number of hydrogen-bond acceptors (Lipinski definition) is 5. The van der Waals surface area contributed by atoms with E-state index >= 15 is 0 Å². The zero-order valence-corrected chi connectivity index (χ0v) is 47.5. The van der Waals surface area contributed by atoms with Crippen LogP contribution in [-0.2, 0) is 14.3 Å². The van der Waals surface area contributed by atoms with Crippen LogP contribution < -0.4 is 5.32 Å². The Bertz CT molecular complexity index is 1050. The Labute approximate surface area is 438 Å². The van der Waals surface area contributed by atoms with E-state index in [9.17, 15) is 19.8 Å². The number of hydrogen-bond donors (Lipinski definition) is 3. The molecule has 0 saturated carbocycles. The first-order chi connectivity index (χ1) is 34.5. The number of nitrogens with one attached hydrogen (secondary N) is 1. The molecule has 0 fully saturated rings. The van der Waals surface area contributed by atoms with Gasteiger partial charge < -0.3 is 20.3 Å². The van der Waals surface area contributed by atoms with Crippen molar-refractivity contribution in [2.24, 2.45) is 0 Å². The summed E-state index contributed by atoms with van der Waals surface area (Å²) in [6, 6.07) is -0.629. The maximum absolute atomic E-state index is 12.5. The first kappa shape index (κ1) is 68.6. The number of amides is 1. The van der Waals surface area contributed by atoms with Crippen LogP contribution >= 0.6 is 0 Å². The highest BCUT2D eigenvalue weighted by molar-refractivity contribution is 5.76. The Morgan fingerprint density at radius 2 is 0.657 bits per heavy atom. The van der Waals surface area contributed by atoms with Crippen molar-refractivity contribution in [3.8, 4) is 0 Å². The monoisotopic (exact) mass is 988 g/mol. The van der Waals surface area contributed by atoms with Gasteiger partial charge in [-0.15, -0.1) is 0 Å². The van der Waals surface area contributed by atoms with E-state index in [1.165, 1.54) is 295 Å². The molecule has 3 N–H and O–H groups in total. The summed E-state index contributed by atoms with van der Waals surface area (Å²) in [5.74, 6) is -0.0545. The average Bonchev–Trinajstić information content (AvgIpc) is 3.36. The lowest BCUT2D eigenvalue weighted by Gasteiger charge is -2.20. The molecule has 1 amide bonds. The lowest BCUT2D eigenvalue weighted by molar-refractivity contribution is -0.143. The van der Waals surface area contributed by atoms with Gasteiger partial charge in [-0.3, -0.25) is 9.59 Å². The van der Waals surface area contributed by atoms with Crippen LogP contribution in [0.2, 0.25) is 0 Å². The number of rotatable bonds is 60. The van der Waals surface area contributed by atoms with Gasteiger partial charge in [0.25, 0.3) is 0 Å². The Morgan fingerprint density at radius 1 is 0.386 bits per heavy atom. The predicted octanol–water partition coefficient (Wildman–Crippen LogP) is 20.0. The molecule has 70 heavy (non-hydrogen) atoms. The van der Waals surface area contributed by atoms with Crippen molar-refractivity contribution in [1.82, 2.24) is 5.32 Å². The zero-order valence-electron chi connectivity index (χ0n) is 47.5. The molecule has 0 spiro atoms. The maximum atomic E-state index is 12.5. The molecular formula is C64H125NO5. The minimum atomic E-state index is -0.846. The van der Waals surface area contributed by atoms with Crippen LogP contribution in [0.5, 0.6) is 0 Å². The molecule has 0 aliphatic heterocycles. The first-order valence-corrected chi connectivity index (χ1v) is 32.0. The van der Waals surface area contributed by atoms with Gasteiger partial charge in [-0.05, 0) is 32.1 Å². The standard InChI is InChI=1S/C64H125NO5/c1-3-5-7-9-11-13-15-17-19-24-28-32-36-40-44-48-52-56-62(67)61(60-66)65-63(68)57-53-49-45-41-37-33-29-26-22-21-23-27-31-35-39-43-47-51-55-59-70-64(69)58-54-50-46-42-38-34-30-25-20-18-16-14-12-10-8-6-4-2/h52,56,61-62,66-67H,3-51,53-55,57-60H2,1-2H3,(H,65,68)/b56-52+.